The van der Waals surface area contributed by atoms with Gasteiger partial charge in [-0.05, 0) is 55.7 Å². The second-order valence-electron chi connectivity index (χ2n) is 6.78. The van der Waals surface area contributed by atoms with Crippen LogP contribution in [-0.2, 0) is 15.0 Å². The van der Waals surface area contributed by atoms with Gasteiger partial charge in [0, 0.05) is 24.0 Å². The molecule has 124 valence electrons. The fraction of sp³-hybridized carbons (Fsp3) is 0.556. The van der Waals surface area contributed by atoms with Gasteiger partial charge in [0.15, 0.2) is 0 Å². The Kier molecular flexibility index (Phi) is 4.76. The second kappa shape index (κ2) is 6.63. The van der Waals surface area contributed by atoms with Crippen molar-refractivity contribution in [2.45, 2.75) is 43.9 Å². The number of benzene rings is 1. The van der Waals surface area contributed by atoms with Gasteiger partial charge < -0.3 is 10.0 Å². The van der Waals surface area contributed by atoms with Crippen molar-refractivity contribution in [2.24, 2.45) is 5.92 Å². The number of hydrogen-bond donors (Lipinski definition) is 1. The van der Waals surface area contributed by atoms with Crippen LogP contribution in [0.4, 0.5) is 0 Å². The molecular formula is C18H22BrNO3. The van der Waals surface area contributed by atoms with Crippen LogP contribution in [0.3, 0.4) is 0 Å². The van der Waals surface area contributed by atoms with Crippen LogP contribution < -0.4 is 0 Å². The molecule has 1 aliphatic carbocycles. The van der Waals surface area contributed by atoms with Gasteiger partial charge in [0.2, 0.25) is 5.91 Å². The zero-order valence-electron chi connectivity index (χ0n) is 13.1. The highest BCUT2D eigenvalue weighted by Gasteiger charge is 2.53. The summed E-state index contributed by atoms with van der Waals surface area (Å²) in [5.41, 5.74) is 0.786. The molecule has 1 N–H and O–H groups in total. The van der Waals surface area contributed by atoms with Crippen molar-refractivity contribution in [3.8, 4) is 0 Å². The van der Waals surface area contributed by atoms with E-state index in [0.717, 1.165) is 42.3 Å². The summed E-state index contributed by atoms with van der Waals surface area (Å²) in [6.07, 6.45) is 4.72. The molecule has 1 atom stereocenters. The van der Waals surface area contributed by atoms with Gasteiger partial charge in [0.25, 0.3) is 0 Å². The average Bonchev–Trinajstić information content (AvgIpc) is 3.35. The maximum Gasteiger partial charge on any atom is 0.303 e. The fourth-order valence-corrected chi connectivity index (χ4v) is 3.90. The first-order valence-electron chi connectivity index (χ1n) is 8.28. The number of carbonyl (C=O) groups excluding carboxylic acids is 1. The van der Waals surface area contributed by atoms with E-state index in [1.54, 1.807) is 0 Å². The van der Waals surface area contributed by atoms with E-state index < -0.39 is 5.97 Å². The number of carboxylic acids is 1. The van der Waals surface area contributed by atoms with Crippen LogP contribution in [0.1, 0.15) is 44.1 Å². The molecule has 1 unspecified atom stereocenters. The molecule has 4 nitrogen and oxygen atoms in total. The lowest BCUT2D eigenvalue weighted by molar-refractivity contribution is -0.137. The van der Waals surface area contributed by atoms with Crippen LogP contribution in [-0.4, -0.2) is 35.0 Å². The Hall–Kier alpha value is -1.36. The minimum Gasteiger partial charge on any atom is -0.481 e. The van der Waals surface area contributed by atoms with Crippen LogP contribution >= 0.6 is 15.9 Å². The van der Waals surface area contributed by atoms with E-state index in [1.807, 2.05) is 29.2 Å². The molecule has 0 spiro atoms. The van der Waals surface area contributed by atoms with Crippen LogP contribution in [0.5, 0.6) is 0 Å². The molecule has 5 heteroatoms. The van der Waals surface area contributed by atoms with Gasteiger partial charge >= 0.3 is 5.97 Å². The van der Waals surface area contributed by atoms with Crippen molar-refractivity contribution in [2.75, 3.05) is 13.1 Å². The molecule has 23 heavy (non-hydrogen) atoms. The number of carboxylic acid groups (broad SMARTS) is 1. The van der Waals surface area contributed by atoms with Gasteiger partial charge in [-0.1, -0.05) is 28.1 Å². The van der Waals surface area contributed by atoms with Crippen molar-refractivity contribution in [1.82, 2.24) is 4.90 Å². The summed E-state index contributed by atoms with van der Waals surface area (Å²) in [5.74, 6) is -0.189. The molecule has 0 bridgehead atoms. The lowest BCUT2D eigenvalue weighted by Gasteiger charge is -2.35. The minimum absolute atomic E-state index is 0.199. The highest BCUT2D eigenvalue weighted by Crippen LogP contribution is 2.50. The largest absolute Gasteiger partial charge is 0.481 e. The number of likely N-dealkylation sites (tertiary alicyclic amines) is 1. The van der Waals surface area contributed by atoms with E-state index in [-0.39, 0.29) is 17.7 Å². The van der Waals surface area contributed by atoms with Crippen molar-refractivity contribution in [3.05, 3.63) is 34.3 Å². The Morgan fingerprint density at radius 3 is 2.57 bits per heavy atom. The van der Waals surface area contributed by atoms with Crippen LogP contribution in [0.2, 0.25) is 0 Å². The normalized spacial score (nSPS) is 22.7. The SMILES string of the molecule is O=C(O)CCC1CCCN(C(=O)C2(c3ccc(Br)cc3)CC2)C1. The minimum atomic E-state index is -0.748. The molecule has 2 fully saturated rings. The van der Waals surface area contributed by atoms with Crippen molar-refractivity contribution in [1.29, 1.82) is 0 Å². The van der Waals surface area contributed by atoms with Crippen LogP contribution in [0.15, 0.2) is 28.7 Å². The van der Waals surface area contributed by atoms with Crippen molar-refractivity contribution in [3.63, 3.8) is 0 Å². The lowest BCUT2D eigenvalue weighted by atomic mass is 9.90. The summed E-state index contributed by atoms with van der Waals surface area (Å²) in [7, 11) is 0. The van der Waals surface area contributed by atoms with E-state index in [0.29, 0.717) is 18.9 Å². The first kappa shape index (κ1) is 16.5. The van der Waals surface area contributed by atoms with E-state index in [2.05, 4.69) is 15.9 Å². The summed E-state index contributed by atoms with van der Waals surface area (Å²) in [6, 6.07) is 8.07. The molecule has 1 heterocycles. The third-order valence-electron chi connectivity index (χ3n) is 5.13. The number of rotatable bonds is 5. The first-order valence-corrected chi connectivity index (χ1v) is 9.08. The van der Waals surface area contributed by atoms with Gasteiger partial charge in [-0.3, -0.25) is 9.59 Å². The summed E-state index contributed by atoms with van der Waals surface area (Å²) in [5, 5.41) is 8.85. The Balaban J connectivity index is 1.67. The maximum atomic E-state index is 13.0. The number of piperidine rings is 1. The van der Waals surface area contributed by atoms with Gasteiger partial charge in [0.1, 0.15) is 0 Å². The van der Waals surface area contributed by atoms with E-state index in [1.165, 1.54) is 0 Å². The van der Waals surface area contributed by atoms with Crippen LogP contribution in [0.25, 0.3) is 0 Å². The zero-order valence-corrected chi connectivity index (χ0v) is 14.7. The molecule has 1 saturated heterocycles. The topological polar surface area (TPSA) is 57.6 Å². The third kappa shape index (κ3) is 3.60. The van der Waals surface area contributed by atoms with E-state index in [9.17, 15) is 9.59 Å². The van der Waals surface area contributed by atoms with Crippen molar-refractivity contribution < 1.29 is 14.7 Å². The summed E-state index contributed by atoms with van der Waals surface area (Å²) < 4.78 is 1.02. The number of aliphatic carboxylic acids is 1. The van der Waals surface area contributed by atoms with E-state index in [4.69, 9.17) is 5.11 Å². The Bertz CT molecular complexity index is 595. The van der Waals surface area contributed by atoms with Crippen LogP contribution in [0, 0.1) is 5.92 Å². The summed E-state index contributed by atoms with van der Waals surface area (Å²) >= 11 is 3.44. The molecule has 2 aliphatic rings. The highest BCUT2D eigenvalue weighted by atomic mass is 79.9. The number of hydrogen-bond acceptors (Lipinski definition) is 2. The highest BCUT2D eigenvalue weighted by molar-refractivity contribution is 9.10. The molecule has 0 aromatic heterocycles. The van der Waals surface area contributed by atoms with E-state index >= 15 is 0 Å². The second-order valence-corrected chi connectivity index (χ2v) is 7.70. The maximum absolute atomic E-state index is 13.0. The smallest absolute Gasteiger partial charge is 0.303 e. The molecule has 1 saturated carbocycles. The van der Waals surface area contributed by atoms with Gasteiger partial charge in [-0.2, -0.15) is 0 Å². The summed E-state index contributed by atoms with van der Waals surface area (Å²) in [6.45, 7) is 1.52. The number of halogens is 1. The predicted molar refractivity (Wildman–Crippen MR) is 91.2 cm³/mol. The molecule has 3 rings (SSSR count). The average molecular weight is 380 g/mol. The quantitative estimate of drug-likeness (QED) is 0.850. The van der Waals surface area contributed by atoms with Gasteiger partial charge in [-0.15, -0.1) is 0 Å². The van der Waals surface area contributed by atoms with Gasteiger partial charge in [-0.25, -0.2) is 0 Å². The Morgan fingerprint density at radius 2 is 1.96 bits per heavy atom. The number of carbonyl (C=O) groups is 2. The summed E-state index contributed by atoms with van der Waals surface area (Å²) in [4.78, 5) is 25.8. The van der Waals surface area contributed by atoms with Gasteiger partial charge in [0.05, 0.1) is 5.41 Å². The molecule has 1 aliphatic heterocycles. The Morgan fingerprint density at radius 1 is 1.26 bits per heavy atom. The molecular weight excluding hydrogens is 358 g/mol. The third-order valence-corrected chi connectivity index (χ3v) is 5.66. The number of nitrogens with zero attached hydrogens (tertiary/aromatic N) is 1. The fourth-order valence-electron chi connectivity index (χ4n) is 3.64. The molecule has 1 aromatic rings. The monoisotopic (exact) mass is 379 g/mol. The predicted octanol–water partition coefficient (Wildman–Crippen LogP) is 3.58. The lowest BCUT2D eigenvalue weighted by Crippen LogP contribution is -2.45. The molecule has 0 radical (unpaired) electrons. The molecule has 1 aromatic carbocycles. The number of amides is 1. The Labute approximate surface area is 145 Å². The zero-order chi connectivity index (χ0) is 16.4. The standard InChI is InChI=1S/C18H22BrNO3/c19-15-6-4-14(5-7-15)18(9-10-18)17(23)20-11-1-2-13(12-20)3-8-16(21)22/h4-7,13H,1-3,8-12H2,(H,21,22). The molecule has 1 amide bonds. The van der Waals surface area contributed by atoms with Crippen molar-refractivity contribution >= 4 is 27.8 Å². The first-order chi connectivity index (χ1) is 11.0.